The van der Waals surface area contributed by atoms with E-state index in [0.717, 1.165) is 16.5 Å². The molecular weight excluding hydrogens is 547 g/mol. The van der Waals surface area contributed by atoms with Gasteiger partial charge < -0.3 is 4.57 Å². The number of para-hydroxylation sites is 1. The van der Waals surface area contributed by atoms with Crippen molar-refractivity contribution in [2.45, 2.75) is 21.8 Å². The fraction of sp³-hybridized carbons (Fsp3) is 0.103. The van der Waals surface area contributed by atoms with Crippen molar-refractivity contribution in [3.63, 3.8) is 0 Å². The van der Waals surface area contributed by atoms with Crippen molar-refractivity contribution in [2.24, 2.45) is 0 Å². The fourth-order valence-electron chi connectivity index (χ4n) is 4.41. The molecule has 4 aromatic carbocycles. The molecule has 0 bridgehead atoms. The van der Waals surface area contributed by atoms with E-state index >= 15 is 0 Å². The highest BCUT2D eigenvalue weighted by Crippen LogP contribution is 2.47. The average molecular weight is 570 g/mol. The van der Waals surface area contributed by atoms with Gasteiger partial charge in [-0.25, -0.2) is 13.1 Å². The molecule has 37 heavy (non-hydrogen) atoms. The Kier molecular flexibility index (Phi) is 7.35. The van der Waals surface area contributed by atoms with Gasteiger partial charge in [0.15, 0.2) is 4.33 Å². The Bertz CT molecular complexity index is 1620. The molecule has 0 aliphatic carbocycles. The Balaban J connectivity index is 1.66. The van der Waals surface area contributed by atoms with Gasteiger partial charge >= 0.3 is 0 Å². The van der Waals surface area contributed by atoms with Crippen LogP contribution in [-0.2, 0) is 20.9 Å². The van der Waals surface area contributed by atoms with Crippen LogP contribution in [0.15, 0.2) is 120 Å². The van der Waals surface area contributed by atoms with E-state index in [2.05, 4.69) is 9.29 Å². The number of sulfonamides is 1. The smallest absolute Gasteiger partial charge is 0.241 e. The van der Waals surface area contributed by atoms with Crippen LogP contribution in [0.3, 0.4) is 0 Å². The van der Waals surface area contributed by atoms with Gasteiger partial charge in [0.2, 0.25) is 10.0 Å². The van der Waals surface area contributed by atoms with Gasteiger partial charge in [0.1, 0.15) is 0 Å². The molecule has 1 unspecified atom stereocenters. The number of aromatic nitrogens is 1. The third kappa shape index (κ3) is 5.42. The normalized spacial score (nSPS) is 13.1. The van der Waals surface area contributed by atoms with Crippen molar-refractivity contribution in [3.05, 3.63) is 137 Å². The number of nitrogens with one attached hydrogen (secondary N) is 1. The summed E-state index contributed by atoms with van der Waals surface area (Å²) in [5.41, 5.74) is 3.29. The maximum Gasteiger partial charge on any atom is 0.241 e. The number of fused-ring (bicyclic) bond motifs is 1. The summed E-state index contributed by atoms with van der Waals surface area (Å²) in [6.45, 7) is 0.598. The summed E-state index contributed by atoms with van der Waals surface area (Å²) in [5.74, 6) is 0. The lowest BCUT2D eigenvalue weighted by Gasteiger charge is -2.31. The molecule has 8 heteroatoms. The van der Waals surface area contributed by atoms with E-state index < -0.39 is 20.4 Å². The van der Waals surface area contributed by atoms with Gasteiger partial charge in [-0.2, -0.15) is 0 Å². The molecule has 0 aliphatic heterocycles. The standard InChI is InChI=1S/C29H23Cl3N2O2S/c30-23-15-17-24(18-16-23)37(35,36)33-28(29(31,32)22-11-5-2-6-12-22)26-20-34(19-21-9-3-1-4-10-21)27-14-8-7-13-25(26)27/h1-18,20,28,33H,19H2. The Labute approximate surface area is 231 Å². The van der Waals surface area contributed by atoms with Gasteiger partial charge in [0.05, 0.1) is 10.9 Å². The van der Waals surface area contributed by atoms with Crippen molar-refractivity contribution in [1.29, 1.82) is 0 Å². The van der Waals surface area contributed by atoms with E-state index in [1.54, 1.807) is 12.1 Å². The van der Waals surface area contributed by atoms with E-state index in [4.69, 9.17) is 34.8 Å². The quantitative estimate of drug-likeness (QED) is 0.195. The van der Waals surface area contributed by atoms with Crippen LogP contribution in [0.1, 0.15) is 22.7 Å². The number of hydrogen-bond acceptors (Lipinski definition) is 2. The fourth-order valence-corrected chi connectivity index (χ4v) is 6.51. The summed E-state index contributed by atoms with van der Waals surface area (Å²) in [6, 6.07) is 31.9. The van der Waals surface area contributed by atoms with Crippen molar-refractivity contribution in [2.75, 3.05) is 0 Å². The number of rotatable bonds is 8. The largest absolute Gasteiger partial charge is 0.343 e. The third-order valence-electron chi connectivity index (χ3n) is 6.24. The summed E-state index contributed by atoms with van der Waals surface area (Å²) in [4.78, 5) is 0.0621. The van der Waals surface area contributed by atoms with E-state index in [1.165, 1.54) is 24.3 Å². The molecule has 0 spiro atoms. The maximum atomic E-state index is 13.6. The van der Waals surface area contributed by atoms with Crippen LogP contribution in [0.2, 0.25) is 5.02 Å². The van der Waals surface area contributed by atoms with Gasteiger partial charge in [0.25, 0.3) is 0 Å². The number of halogens is 3. The zero-order valence-electron chi connectivity index (χ0n) is 19.6. The Morgan fingerprint density at radius 2 is 1.38 bits per heavy atom. The summed E-state index contributed by atoms with van der Waals surface area (Å²) in [5, 5.41) is 1.29. The number of nitrogens with zero attached hydrogens (tertiary/aromatic N) is 1. The summed E-state index contributed by atoms with van der Waals surface area (Å²) < 4.78 is 30.4. The second kappa shape index (κ2) is 10.5. The van der Waals surface area contributed by atoms with Crippen molar-refractivity contribution in [1.82, 2.24) is 9.29 Å². The molecule has 4 nitrogen and oxygen atoms in total. The van der Waals surface area contributed by atoms with Gasteiger partial charge in [0, 0.05) is 28.7 Å². The molecule has 1 atom stereocenters. The number of benzene rings is 4. The third-order valence-corrected chi connectivity index (χ3v) is 8.81. The molecule has 0 amide bonds. The molecule has 5 rings (SSSR count). The Hall–Kier alpha value is -2.80. The van der Waals surface area contributed by atoms with Crippen molar-refractivity contribution in [3.8, 4) is 0 Å². The van der Waals surface area contributed by atoms with E-state index in [-0.39, 0.29) is 4.90 Å². The predicted octanol–water partition coefficient (Wildman–Crippen LogP) is 7.69. The second-order valence-corrected chi connectivity index (χ2v) is 12.2. The zero-order valence-corrected chi connectivity index (χ0v) is 22.6. The maximum absolute atomic E-state index is 13.6. The molecule has 0 radical (unpaired) electrons. The molecule has 1 aromatic heterocycles. The van der Waals surface area contributed by atoms with Crippen LogP contribution in [0.5, 0.6) is 0 Å². The monoisotopic (exact) mass is 568 g/mol. The molecule has 1 N–H and O–H groups in total. The summed E-state index contributed by atoms with van der Waals surface area (Å²) in [7, 11) is -4.02. The molecule has 188 valence electrons. The SMILES string of the molecule is O=S(=O)(NC(c1cn(Cc2ccccc2)c2ccccc12)C(Cl)(Cl)c1ccccc1)c1ccc(Cl)cc1. The highest BCUT2D eigenvalue weighted by atomic mass is 35.5. The highest BCUT2D eigenvalue weighted by Gasteiger charge is 2.42. The van der Waals surface area contributed by atoms with E-state index in [9.17, 15) is 8.42 Å². The molecular formula is C29H23Cl3N2O2S. The van der Waals surface area contributed by atoms with Crippen molar-refractivity contribution < 1.29 is 8.42 Å². The first-order valence-corrected chi connectivity index (χ1v) is 14.2. The first-order chi connectivity index (χ1) is 17.8. The van der Waals surface area contributed by atoms with Crippen LogP contribution in [0, 0.1) is 0 Å². The Morgan fingerprint density at radius 1 is 0.784 bits per heavy atom. The van der Waals surface area contributed by atoms with Crippen molar-refractivity contribution >= 4 is 55.7 Å². The predicted molar refractivity (Wildman–Crippen MR) is 152 cm³/mol. The molecule has 1 heterocycles. The second-order valence-electron chi connectivity index (χ2n) is 8.71. The summed E-state index contributed by atoms with van der Waals surface area (Å²) in [6.07, 6.45) is 1.93. The molecule has 0 fully saturated rings. The highest BCUT2D eigenvalue weighted by molar-refractivity contribution is 7.89. The van der Waals surface area contributed by atoms with Gasteiger partial charge in [-0.05, 0) is 47.0 Å². The number of hydrogen-bond donors (Lipinski definition) is 1. The average Bonchev–Trinajstić information content (AvgIpc) is 3.26. The van der Waals surface area contributed by atoms with Crippen LogP contribution in [0.4, 0.5) is 0 Å². The molecule has 5 aromatic rings. The van der Waals surface area contributed by atoms with Crippen LogP contribution in [-0.4, -0.2) is 13.0 Å². The van der Waals surface area contributed by atoms with E-state index in [0.29, 0.717) is 22.7 Å². The minimum atomic E-state index is -4.02. The lowest BCUT2D eigenvalue weighted by molar-refractivity contribution is 0.534. The minimum Gasteiger partial charge on any atom is -0.343 e. The molecule has 0 saturated carbocycles. The lowest BCUT2D eigenvalue weighted by Crippen LogP contribution is -2.38. The van der Waals surface area contributed by atoms with Gasteiger partial charge in [-0.3, -0.25) is 0 Å². The zero-order chi connectivity index (χ0) is 26.0. The first-order valence-electron chi connectivity index (χ1n) is 11.6. The lowest BCUT2D eigenvalue weighted by atomic mass is 9.98. The summed E-state index contributed by atoms with van der Waals surface area (Å²) >= 11 is 20.1. The first kappa shape index (κ1) is 25.8. The van der Waals surface area contributed by atoms with E-state index in [1.807, 2.05) is 79.0 Å². The van der Waals surface area contributed by atoms with Crippen LogP contribution in [0.25, 0.3) is 10.9 Å². The van der Waals surface area contributed by atoms with Gasteiger partial charge in [-0.1, -0.05) is 114 Å². The molecule has 0 saturated heterocycles. The minimum absolute atomic E-state index is 0.0621. The molecule has 0 aliphatic rings. The van der Waals surface area contributed by atoms with Crippen LogP contribution < -0.4 is 4.72 Å². The topological polar surface area (TPSA) is 51.1 Å². The van der Waals surface area contributed by atoms with Gasteiger partial charge in [-0.15, -0.1) is 0 Å². The Morgan fingerprint density at radius 3 is 2.05 bits per heavy atom. The van der Waals surface area contributed by atoms with Crippen LogP contribution >= 0.6 is 34.8 Å². The number of alkyl halides is 2.